The van der Waals surface area contributed by atoms with Gasteiger partial charge >= 0.3 is 5.97 Å². The maximum absolute atomic E-state index is 11.7. The summed E-state index contributed by atoms with van der Waals surface area (Å²) in [5.41, 5.74) is 1.93. The number of halogens is 2. The van der Waals surface area contributed by atoms with Crippen LogP contribution in [0, 0.1) is 13.8 Å². The van der Waals surface area contributed by atoms with Crippen molar-refractivity contribution >= 4 is 33.5 Å². The van der Waals surface area contributed by atoms with Crippen molar-refractivity contribution in [1.82, 2.24) is 19.7 Å². The van der Waals surface area contributed by atoms with Gasteiger partial charge in [-0.15, -0.1) is 10.2 Å². The van der Waals surface area contributed by atoms with Crippen LogP contribution in [0.3, 0.4) is 0 Å². The van der Waals surface area contributed by atoms with Gasteiger partial charge in [0.1, 0.15) is 17.7 Å². The molecule has 0 radical (unpaired) electrons. The molecule has 2 heterocycles. The van der Waals surface area contributed by atoms with Crippen molar-refractivity contribution in [3.05, 3.63) is 44.4 Å². The molecule has 23 heavy (non-hydrogen) atoms. The molecule has 1 aromatic heterocycles. The summed E-state index contributed by atoms with van der Waals surface area (Å²) in [4.78, 5) is 13.6. The molecule has 1 N–H and O–H groups in total. The molecule has 1 aromatic carbocycles. The number of carboxylic acids is 1. The van der Waals surface area contributed by atoms with Gasteiger partial charge in [-0.2, -0.15) is 0 Å². The third-order valence-corrected chi connectivity index (χ3v) is 5.28. The molecule has 1 aliphatic rings. The van der Waals surface area contributed by atoms with Crippen LogP contribution >= 0.6 is 27.5 Å². The molecule has 0 saturated carbocycles. The fourth-order valence-corrected chi connectivity index (χ4v) is 3.56. The zero-order chi connectivity index (χ0) is 16.7. The second kappa shape index (κ2) is 6.22. The van der Waals surface area contributed by atoms with Crippen LogP contribution in [0.15, 0.2) is 16.6 Å². The smallest absolute Gasteiger partial charge is 0.322 e. The third kappa shape index (κ3) is 3.13. The number of hydrogen-bond donors (Lipinski definition) is 1. The first-order valence-electron chi connectivity index (χ1n) is 7.17. The number of aromatic nitrogens is 3. The largest absolute Gasteiger partial charge is 0.480 e. The number of benzene rings is 1. The molecule has 1 aliphatic heterocycles. The van der Waals surface area contributed by atoms with Crippen LogP contribution in [0.1, 0.15) is 22.8 Å². The summed E-state index contributed by atoms with van der Waals surface area (Å²) < 4.78 is 2.79. The monoisotopic (exact) mass is 398 g/mol. The van der Waals surface area contributed by atoms with Crippen LogP contribution in [-0.2, 0) is 24.4 Å². The van der Waals surface area contributed by atoms with Crippen molar-refractivity contribution in [3.8, 4) is 0 Å². The van der Waals surface area contributed by atoms with Gasteiger partial charge in [0.2, 0.25) is 0 Å². The van der Waals surface area contributed by atoms with E-state index < -0.39 is 12.0 Å². The van der Waals surface area contributed by atoms with Gasteiger partial charge in [-0.3, -0.25) is 9.69 Å². The van der Waals surface area contributed by atoms with Crippen molar-refractivity contribution in [2.24, 2.45) is 0 Å². The van der Waals surface area contributed by atoms with Crippen LogP contribution in [0.25, 0.3) is 0 Å². The number of carbonyl (C=O) groups is 1. The molecular weight excluding hydrogens is 384 g/mol. The number of hydrogen-bond acceptors (Lipinski definition) is 4. The Bertz CT molecular complexity index is 777. The predicted octanol–water partition coefficient (Wildman–Crippen LogP) is 2.78. The van der Waals surface area contributed by atoms with E-state index in [1.807, 2.05) is 35.4 Å². The summed E-state index contributed by atoms with van der Waals surface area (Å²) in [7, 11) is 0. The van der Waals surface area contributed by atoms with Crippen molar-refractivity contribution in [2.45, 2.75) is 39.5 Å². The van der Waals surface area contributed by atoms with Crippen molar-refractivity contribution in [3.63, 3.8) is 0 Å². The highest BCUT2D eigenvalue weighted by Gasteiger charge is 2.33. The van der Waals surface area contributed by atoms with E-state index in [1.54, 1.807) is 0 Å². The minimum absolute atomic E-state index is 0.348. The fraction of sp³-hybridized carbons (Fsp3) is 0.400. The summed E-state index contributed by atoms with van der Waals surface area (Å²) in [6.45, 7) is 5.03. The quantitative estimate of drug-likeness (QED) is 0.859. The van der Waals surface area contributed by atoms with Crippen molar-refractivity contribution < 1.29 is 9.90 Å². The predicted molar refractivity (Wildman–Crippen MR) is 89.3 cm³/mol. The van der Waals surface area contributed by atoms with Gasteiger partial charge in [-0.25, -0.2) is 0 Å². The van der Waals surface area contributed by atoms with Gasteiger partial charge in [0, 0.05) is 16.0 Å². The Morgan fingerprint density at radius 2 is 2.17 bits per heavy atom. The summed E-state index contributed by atoms with van der Waals surface area (Å²) in [5.74, 6) is 0.679. The highest BCUT2D eigenvalue weighted by molar-refractivity contribution is 9.10. The lowest BCUT2D eigenvalue weighted by Gasteiger charge is -2.33. The number of aryl methyl sites for hydroxylation is 2. The van der Waals surface area contributed by atoms with E-state index in [1.165, 1.54) is 0 Å². The van der Waals surface area contributed by atoms with Crippen molar-refractivity contribution in [2.75, 3.05) is 0 Å². The van der Waals surface area contributed by atoms with Gasteiger partial charge < -0.3 is 9.67 Å². The van der Waals surface area contributed by atoms with E-state index in [-0.39, 0.29) is 0 Å². The van der Waals surface area contributed by atoms with Crippen LogP contribution in [0.5, 0.6) is 0 Å². The summed E-state index contributed by atoms with van der Waals surface area (Å²) in [6, 6.07) is 3.21. The lowest BCUT2D eigenvalue weighted by Crippen LogP contribution is -2.47. The van der Waals surface area contributed by atoms with E-state index in [4.69, 9.17) is 11.6 Å². The minimum Gasteiger partial charge on any atom is -0.480 e. The van der Waals surface area contributed by atoms with Gasteiger partial charge in [0.25, 0.3) is 0 Å². The first-order chi connectivity index (χ1) is 10.9. The summed E-state index contributed by atoms with van der Waals surface area (Å²) in [6.07, 6.45) is 0. The van der Waals surface area contributed by atoms with E-state index in [2.05, 4.69) is 26.1 Å². The van der Waals surface area contributed by atoms with Gasteiger partial charge in [-0.05, 0) is 37.1 Å². The Labute approximate surface area is 147 Å². The zero-order valence-corrected chi connectivity index (χ0v) is 15.1. The molecule has 6 nitrogen and oxygen atoms in total. The van der Waals surface area contributed by atoms with E-state index >= 15 is 0 Å². The van der Waals surface area contributed by atoms with Crippen LogP contribution in [0.2, 0.25) is 5.02 Å². The maximum atomic E-state index is 11.7. The average molecular weight is 400 g/mol. The van der Waals surface area contributed by atoms with Crippen LogP contribution < -0.4 is 0 Å². The number of carboxylic acid groups (broad SMARTS) is 1. The number of fused-ring (bicyclic) bond motifs is 1. The highest BCUT2D eigenvalue weighted by atomic mass is 79.9. The molecule has 8 heteroatoms. The lowest BCUT2D eigenvalue weighted by atomic mass is 10.1. The standard InChI is InChI=1S/C15H16BrClN4O2/c1-8-3-11(16)10(4-12(8)17)5-20-7-14-19-18-9(2)21(14)6-13(20)15(22)23/h3-4,13H,5-7H2,1-2H3,(H,22,23). The molecule has 0 fully saturated rings. The molecule has 0 bridgehead atoms. The SMILES string of the molecule is Cc1cc(Br)c(CN2Cc3nnc(C)n3CC2C(=O)O)cc1Cl. The Hall–Kier alpha value is -1.44. The van der Waals surface area contributed by atoms with Crippen molar-refractivity contribution in [1.29, 1.82) is 0 Å². The molecule has 122 valence electrons. The Kier molecular flexibility index (Phi) is 4.44. The molecule has 0 spiro atoms. The summed E-state index contributed by atoms with van der Waals surface area (Å²) in [5, 5.41) is 18.4. The summed E-state index contributed by atoms with van der Waals surface area (Å²) >= 11 is 9.74. The Morgan fingerprint density at radius 3 is 2.87 bits per heavy atom. The lowest BCUT2D eigenvalue weighted by molar-refractivity contribution is -0.145. The van der Waals surface area contributed by atoms with E-state index in [0.29, 0.717) is 24.7 Å². The molecular formula is C15H16BrClN4O2. The normalized spacial score (nSPS) is 18.0. The van der Waals surface area contributed by atoms with Gasteiger partial charge in [0.05, 0.1) is 13.1 Å². The molecule has 1 atom stereocenters. The average Bonchev–Trinajstić information content (AvgIpc) is 2.84. The number of nitrogens with zero attached hydrogens (tertiary/aromatic N) is 4. The van der Waals surface area contributed by atoms with Crippen LogP contribution in [0.4, 0.5) is 0 Å². The first-order valence-corrected chi connectivity index (χ1v) is 8.34. The number of rotatable bonds is 3. The third-order valence-electron chi connectivity index (χ3n) is 4.14. The second-order valence-electron chi connectivity index (χ2n) is 5.73. The van der Waals surface area contributed by atoms with Gasteiger partial charge in [-0.1, -0.05) is 27.5 Å². The molecule has 0 saturated heterocycles. The van der Waals surface area contributed by atoms with Gasteiger partial charge in [0.15, 0.2) is 0 Å². The molecule has 1 unspecified atom stereocenters. The molecule has 3 rings (SSSR count). The van der Waals surface area contributed by atoms with Crippen LogP contribution in [-0.4, -0.2) is 36.8 Å². The highest BCUT2D eigenvalue weighted by Crippen LogP contribution is 2.28. The molecule has 0 amide bonds. The van der Waals surface area contributed by atoms with E-state index in [0.717, 1.165) is 27.2 Å². The fourth-order valence-electron chi connectivity index (χ4n) is 2.79. The molecule has 2 aromatic rings. The zero-order valence-electron chi connectivity index (χ0n) is 12.8. The minimum atomic E-state index is -0.849. The Balaban J connectivity index is 1.92. The topological polar surface area (TPSA) is 71.2 Å². The number of aliphatic carboxylic acids is 1. The van der Waals surface area contributed by atoms with E-state index in [9.17, 15) is 9.90 Å². The molecule has 0 aliphatic carbocycles. The second-order valence-corrected chi connectivity index (χ2v) is 6.99. The maximum Gasteiger partial charge on any atom is 0.322 e. The Morgan fingerprint density at radius 1 is 1.43 bits per heavy atom. The first kappa shape index (κ1) is 16.4.